The van der Waals surface area contributed by atoms with Gasteiger partial charge in [0.05, 0.1) is 22.7 Å². The van der Waals surface area contributed by atoms with Crippen LogP contribution in [0.15, 0.2) is 54.7 Å². The molecule has 3 aromatic carbocycles. The molecule has 0 saturated heterocycles. The van der Waals surface area contributed by atoms with Gasteiger partial charge >= 0.3 is 6.18 Å². The number of halogens is 6. The van der Waals surface area contributed by atoms with Crippen LogP contribution in [0.5, 0.6) is 0 Å². The van der Waals surface area contributed by atoms with Gasteiger partial charge in [0, 0.05) is 44.7 Å². The van der Waals surface area contributed by atoms with Crippen LogP contribution in [0.3, 0.4) is 0 Å². The lowest BCUT2D eigenvalue weighted by molar-refractivity contribution is -0.137. The van der Waals surface area contributed by atoms with E-state index in [9.17, 15) is 31.5 Å². The zero-order valence-corrected chi connectivity index (χ0v) is 19.1. The first-order valence-corrected chi connectivity index (χ1v) is 11.0. The van der Waals surface area contributed by atoms with Crippen LogP contribution in [0.4, 0.5) is 33.3 Å². The third kappa shape index (κ3) is 4.31. The highest BCUT2D eigenvalue weighted by molar-refractivity contribution is 6.31. The van der Waals surface area contributed by atoms with E-state index < -0.39 is 46.8 Å². The third-order valence-corrected chi connectivity index (χ3v) is 6.25. The quantitative estimate of drug-likeness (QED) is 0.288. The van der Waals surface area contributed by atoms with Crippen molar-refractivity contribution in [2.75, 3.05) is 11.1 Å². The predicted molar refractivity (Wildman–Crippen MR) is 126 cm³/mol. The number of alkyl halides is 3. The van der Waals surface area contributed by atoms with Gasteiger partial charge in [-0.05, 0) is 48.5 Å². The Hall–Kier alpha value is -4.25. The summed E-state index contributed by atoms with van der Waals surface area (Å²) in [5.41, 5.74) is 4.77. The molecule has 188 valence electrons. The fourth-order valence-electron chi connectivity index (χ4n) is 4.28. The normalized spacial score (nSPS) is 15.0. The minimum atomic E-state index is -4.89. The van der Waals surface area contributed by atoms with Crippen molar-refractivity contribution in [1.29, 1.82) is 0 Å². The Morgan fingerprint density at radius 3 is 2.54 bits per heavy atom. The Labute approximate surface area is 210 Å². The Morgan fingerprint density at radius 1 is 1.05 bits per heavy atom. The highest BCUT2D eigenvalue weighted by atomic mass is 35.5. The van der Waals surface area contributed by atoms with Crippen LogP contribution >= 0.6 is 11.6 Å². The Balaban J connectivity index is 1.70. The molecular formula is C25H14ClF5N4O2. The number of nitrogens with one attached hydrogen (secondary N) is 2. The van der Waals surface area contributed by atoms with Gasteiger partial charge in [0.15, 0.2) is 0 Å². The van der Waals surface area contributed by atoms with Crippen LogP contribution in [0.25, 0.3) is 10.9 Å². The summed E-state index contributed by atoms with van der Waals surface area (Å²) in [5, 5.41) is 5.51. The van der Waals surface area contributed by atoms with Crippen molar-refractivity contribution >= 4 is 45.7 Å². The molecule has 1 atom stereocenters. The molecule has 4 aromatic rings. The van der Waals surface area contributed by atoms with Crippen molar-refractivity contribution in [2.45, 2.75) is 12.2 Å². The maximum absolute atomic E-state index is 14.1. The maximum atomic E-state index is 14.1. The van der Waals surface area contributed by atoms with Crippen LogP contribution in [0.1, 0.15) is 43.4 Å². The summed E-state index contributed by atoms with van der Waals surface area (Å²) in [6.07, 6.45) is -3.52. The molecular weight excluding hydrogens is 519 g/mol. The first-order valence-electron chi connectivity index (χ1n) is 10.6. The molecule has 1 unspecified atom stereocenters. The Kier molecular flexibility index (Phi) is 5.75. The molecule has 0 fully saturated rings. The number of aromatic nitrogens is 1. The standard InChI is InChI=1S/C25H14ClF5N4O2/c26-16-2-1-12(27)8-14(16)22-19-18(9-15-17(32)3-4-33-21(15)20(19)24(37)35-22)34-23(36)10-5-11(25(29,30)31)7-13(28)6-10/h1-9,22H,(H2,32,33)(H,34,36)(H,35,37). The molecule has 0 saturated carbocycles. The van der Waals surface area contributed by atoms with Gasteiger partial charge in [-0.1, -0.05) is 11.6 Å². The lowest BCUT2D eigenvalue weighted by Crippen LogP contribution is -2.21. The summed E-state index contributed by atoms with van der Waals surface area (Å²) < 4.78 is 67.6. The number of carbonyl (C=O) groups is 2. The van der Waals surface area contributed by atoms with Gasteiger partial charge < -0.3 is 16.4 Å². The summed E-state index contributed by atoms with van der Waals surface area (Å²) in [7, 11) is 0. The first kappa shape index (κ1) is 24.4. The van der Waals surface area contributed by atoms with Gasteiger partial charge in [-0.25, -0.2) is 8.78 Å². The molecule has 5 rings (SSSR count). The first-order chi connectivity index (χ1) is 17.4. The van der Waals surface area contributed by atoms with Gasteiger partial charge in [0.25, 0.3) is 11.8 Å². The number of amides is 2. The molecule has 6 nitrogen and oxygen atoms in total. The van der Waals surface area contributed by atoms with E-state index in [0.29, 0.717) is 12.1 Å². The van der Waals surface area contributed by atoms with E-state index >= 15 is 0 Å². The molecule has 1 aliphatic heterocycles. The highest BCUT2D eigenvalue weighted by Gasteiger charge is 2.37. The average Bonchev–Trinajstić information content (AvgIpc) is 3.18. The van der Waals surface area contributed by atoms with Crippen molar-refractivity contribution in [2.24, 2.45) is 0 Å². The van der Waals surface area contributed by atoms with E-state index in [1.54, 1.807) is 0 Å². The predicted octanol–water partition coefficient (Wildman–Crippen LogP) is 5.85. The monoisotopic (exact) mass is 532 g/mol. The van der Waals surface area contributed by atoms with E-state index in [-0.39, 0.29) is 50.1 Å². The minimum Gasteiger partial charge on any atom is -0.398 e. The number of fused-ring (bicyclic) bond motifs is 3. The van der Waals surface area contributed by atoms with Crippen molar-refractivity contribution in [3.05, 3.63) is 99.2 Å². The summed E-state index contributed by atoms with van der Waals surface area (Å²) in [4.78, 5) is 30.3. The molecule has 12 heteroatoms. The van der Waals surface area contributed by atoms with Gasteiger partial charge in [-0.15, -0.1) is 0 Å². The highest BCUT2D eigenvalue weighted by Crippen LogP contribution is 2.43. The van der Waals surface area contributed by atoms with E-state index in [2.05, 4.69) is 15.6 Å². The van der Waals surface area contributed by atoms with Crippen LogP contribution in [0.2, 0.25) is 5.02 Å². The maximum Gasteiger partial charge on any atom is 0.416 e. The summed E-state index contributed by atoms with van der Waals surface area (Å²) in [5.74, 6) is -3.62. The Bertz CT molecular complexity index is 1620. The zero-order chi connectivity index (χ0) is 26.6. The van der Waals surface area contributed by atoms with Crippen LogP contribution < -0.4 is 16.4 Å². The molecule has 0 aliphatic carbocycles. The number of hydrogen-bond donors (Lipinski definition) is 3. The van der Waals surface area contributed by atoms with Crippen molar-refractivity contribution < 1.29 is 31.5 Å². The molecule has 4 N–H and O–H groups in total. The van der Waals surface area contributed by atoms with Crippen LogP contribution in [-0.2, 0) is 6.18 Å². The molecule has 0 bridgehead atoms. The minimum absolute atomic E-state index is 0.0145. The number of nitrogen functional groups attached to an aromatic ring is 1. The van der Waals surface area contributed by atoms with Gasteiger partial charge in [-0.2, -0.15) is 13.2 Å². The number of hydrogen-bond acceptors (Lipinski definition) is 4. The molecule has 0 radical (unpaired) electrons. The fraction of sp³-hybridized carbons (Fsp3) is 0.0800. The molecule has 2 heterocycles. The molecule has 2 amide bonds. The number of anilines is 2. The van der Waals surface area contributed by atoms with E-state index in [4.69, 9.17) is 17.3 Å². The van der Waals surface area contributed by atoms with Crippen LogP contribution in [0, 0.1) is 11.6 Å². The molecule has 1 aliphatic rings. The number of pyridine rings is 1. The number of nitrogens with two attached hydrogens (primary N) is 1. The second-order valence-electron chi connectivity index (χ2n) is 8.26. The second kappa shape index (κ2) is 8.70. The molecule has 37 heavy (non-hydrogen) atoms. The number of nitrogens with zero attached hydrogens (tertiary/aromatic N) is 1. The second-order valence-corrected chi connectivity index (χ2v) is 8.67. The van der Waals surface area contributed by atoms with E-state index in [1.807, 2.05) is 0 Å². The number of carbonyl (C=O) groups excluding carboxylic acids is 2. The fourth-order valence-corrected chi connectivity index (χ4v) is 4.51. The lowest BCUT2D eigenvalue weighted by Gasteiger charge is -2.19. The average molecular weight is 533 g/mol. The SMILES string of the molecule is Nc1ccnc2c3c(c(NC(=O)c4cc(F)cc(C(F)(F)F)c4)cc12)C(c1cc(F)ccc1Cl)NC3=O. The molecule has 1 aromatic heterocycles. The zero-order valence-electron chi connectivity index (χ0n) is 18.4. The van der Waals surface area contributed by atoms with E-state index in [0.717, 1.165) is 12.1 Å². The van der Waals surface area contributed by atoms with Crippen molar-refractivity contribution in [3.63, 3.8) is 0 Å². The topological polar surface area (TPSA) is 97.1 Å². The lowest BCUT2D eigenvalue weighted by atomic mass is 9.93. The third-order valence-electron chi connectivity index (χ3n) is 5.90. The van der Waals surface area contributed by atoms with Gasteiger partial charge in [-0.3, -0.25) is 14.6 Å². The summed E-state index contributed by atoms with van der Waals surface area (Å²) in [6, 6.07) is 6.72. The van der Waals surface area contributed by atoms with Gasteiger partial charge in [0.1, 0.15) is 11.6 Å². The van der Waals surface area contributed by atoms with E-state index in [1.165, 1.54) is 24.4 Å². The largest absolute Gasteiger partial charge is 0.416 e. The van der Waals surface area contributed by atoms with Crippen molar-refractivity contribution in [1.82, 2.24) is 10.3 Å². The number of rotatable bonds is 3. The van der Waals surface area contributed by atoms with Gasteiger partial charge in [0.2, 0.25) is 0 Å². The number of benzene rings is 3. The summed E-state index contributed by atoms with van der Waals surface area (Å²) in [6.45, 7) is 0. The smallest absolute Gasteiger partial charge is 0.398 e. The molecule has 0 spiro atoms. The summed E-state index contributed by atoms with van der Waals surface area (Å²) >= 11 is 6.28. The van der Waals surface area contributed by atoms with Crippen LogP contribution in [-0.4, -0.2) is 16.8 Å². The Morgan fingerprint density at radius 2 is 1.81 bits per heavy atom. The van der Waals surface area contributed by atoms with Crippen molar-refractivity contribution in [3.8, 4) is 0 Å².